The molecule has 2 aromatic rings. The van der Waals surface area contributed by atoms with Crippen molar-refractivity contribution in [2.45, 2.75) is 13.3 Å². The van der Waals surface area contributed by atoms with Gasteiger partial charge in [-0.05, 0) is 18.6 Å². The zero-order valence-electron chi connectivity index (χ0n) is 7.87. The molecule has 0 saturated heterocycles. The van der Waals surface area contributed by atoms with E-state index in [2.05, 4.69) is 4.98 Å². The van der Waals surface area contributed by atoms with Gasteiger partial charge in [-0.1, -0.05) is 19.1 Å². The largest absolute Gasteiger partial charge is 0.503 e. The SMILES string of the molecule is CCc1[nH]c2ccccc2c(=O)c1O. The second-order valence-corrected chi connectivity index (χ2v) is 3.18. The van der Waals surface area contributed by atoms with Gasteiger partial charge in [0.15, 0.2) is 5.75 Å². The first-order valence-electron chi connectivity index (χ1n) is 4.57. The normalized spacial score (nSPS) is 10.6. The summed E-state index contributed by atoms with van der Waals surface area (Å²) in [5.41, 5.74) is 1.07. The minimum atomic E-state index is -0.295. The molecule has 0 spiro atoms. The maximum Gasteiger partial charge on any atom is 0.231 e. The Labute approximate surface area is 81.0 Å². The van der Waals surface area contributed by atoms with E-state index in [4.69, 9.17) is 0 Å². The Morgan fingerprint density at radius 3 is 2.79 bits per heavy atom. The summed E-state index contributed by atoms with van der Waals surface area (Å²) in [5.74, 6) is -0.161. The molecule has 14 heavy (non-hydrogen) atoms. The number of pyridine rings is 1. The molecule has 0 fully saturated rings. The first kappa shape index (κ1) is 8.81. The van der Waals surface area contributed by atoms with Crippen LogP contribution >= 0.6 is 0 Å². The molecule has 0 unspecified atom stereocenters. The average molecular weight is 189 g/mol. The summed E-state index contributed by atoms with van der Waals surface area (Å²) in [6.07, 6.45) is 0.617. The van der Waals surface area contributed by atoms with Crippen LogP contribution in [0, 0.1) is 0 Å². The van der Waals surface area contributed by atoms with Crippen LogP contribution in [0.25, 0.3) is 10.9 Å². The zero-order chi connectivity index (χ0) is 10.1. The molecule has 3 heteroatoms. The number of aryl methyl sites for hydroxylation is 1. The van der Waals surface area contributed by atoms with Crippen LogP contribution in [0.1, 0.15) is 12.6 Å². The summed E-state index contributed by atoms with van der Waals surface area (Å²) in [5, 5.41) is 10.1. The highest BCUT2D eigenvalue weighted by atomic mass is 16.3. The summed E-state index contributed by atoms with van der Waals surface area (Å²) >= 11 is 0. The number of nitrogens with one attached hydrogen (secondary N) is 1. The van der Waals surface area contributed by atoms with E-state index in [-0.39, 0.29) is 11.2 Å². The summed E-state index contributed by atoms with van der Waals surface area (Å²) in [6.45, 7) is 1.89. The second kappa shape index (κ2) is 3.18. The standard InChI is InChI=1S/C11H11NO2/c1-2-8-11(14)10(13)7-5-3-4-6-9(7)12-8/h3-6,14H,2H2,1H3,(H,12,13). The summed E-state index contributed by atoms with van der Waals surface area (Å²) in [7, 11) is 0. The molecule has 0 aliphatic rings. The van der Waals surface area contributed by atoms with Gasteiger partial charge in [-0.25, -0.2) is 0 Å². The van der Waals surface area contributed by atoms with Crippen LogP contribution in [0.5, 0.6) is 5.75 Å². The molecule has 0 aliphatic carbocycles. The van der Waals surface area contributed by atoms with E-state index in [1.807, 2.05) is 19.1 Å². The van der Waals surface area contributed by atoms with Crippen molar-refractivity contribution in [3.05, 3.63) is 40.2 Å². The van der Waals surface area contributed by atoms with E-state index in [0.717, 1.165) is 5.52 Å². The van der Waals surface area contributed by atoms with Crippen LogP contribution in [-0.4, -0.2) is 10.1 Å². The third kappa shape index (κ3) is 1.18. The number of benzene rings is 1. The third-order valence-corrected chi connectivity index (χ3v) is 2.31. The molecule has 1 aromatic heterocycles. The number of hydrogen-bond acceptors (Lipinski definition) is 2. The maximum atomic E-state index is 11.6. The predicted octanol–water partition coefficient (Wildman–Crippen LogP) is 1.80. The number of para-hydroxylation sites is 1. The second-order valence-electron chi connectivity index (χ2n) is 3.18. The van der Waals surface area contributed by atoms with Crippen molar-refractivity contribution < 1.29 is 5.11 Å². The van der Waals surface area contributed by atoms with Crippen LogP contribution < -0.4 is 5.43 Å². The summed E-state index contributed by atoms with van der Waals surface area (Å²) < 4.78 is 0. The van der Waals surface area contributed by atoms with E-state index in [1.54, 1.807) is 12.1 Å². The van der Waals surface area contributed by atoms with Gasteiger partial charge in [-0.3, -0.25) is 4.79 Å². The Kier molecular flexibility index (Phi) is 2.00. The minimum absolute atomic E-state index is 0.161. The third-order valence-electron chi connectivity index (χ3n) is 2.31. The van der Waals surface area contributed by atoms with Gasteiger partial charge in [0.1, 0.15) is 0 Å². The fourth-order valence-electron chi connectivity index (χ4n) is 1.53. The van der Waals surface area contributed by atoms with E-state index in [0.29, 0.717) is 17.5 Å². The Morgan fingerprint density at radius 1 is 1.36 bits per heavy atom. The van der Waals surface area contributed by atoms with Crippen molar-refractivity contribution in [2.75, 3.05) is 0 Å². The maximum absolute atomic E-state index is 11.6. The van der Waals surface area contributed by atoms with Gasteiger partial charge in [0.25, 0.3) is 0 Å². The molecule has 3 nitrogen and oxygen atoms in total. The van der Waals surface area contributed by atoms with Crippen molar-refractivity contribution in [2.24, 2.45) is 0 Å². The van der Waals surface area contributed by atoms with Gasteiger partial charge >= 0.3 is 0 Å². The molecule has 2 rings (SSSR count). The minimum Gasteiger partial charge on any atom is -0.503 e. The van der Waals surface area contributed by atoms with Gasteiger partial charge in [-0.15, -0.1) is 0 Å². The Balaban J connectivity index is 2.92. The molecule has 1 aromatic carbocycles. The predicted molar refractivity (Wildman–Crippen MR) is 55.6 cm³/mol. The highest BCUT2D eigenvalue weighted by Gasteiger charge is 2.07. The number of aromatic amines is 1. The van der Waals surface area contributed by atoms with E-state index in [1.165, 1.54) is 0 Å². The molecule has 1 heterocycles. The molecule has 0 saturated carbocycles. The molecule has 0 atom stereocenters. The Hall–Kier alpha value is -1.77. The molecule has 2 N–H and O–H groups in total. The summed E-state index contributed by atoms with van der Waals surface area (Å²) in [4.78, 5) is 14.7. The van der Waals surface area contributed by atoms with Crippen molar-refractivity contribution in [1.29, 1.82) is 0 Å². The molecule has 0 aliphatic heterocycles. The highest BCUT2D eigenvalue weighted by molar-refractivity contribution is 5.79. The average Bonchev–Trinajstić information content (AvgIpc) is 2.23. The van der Waals surface area contributed by atoms with E-state index >= 15 is 0 Å². The first-order valence-corrected chi connectivity index (χ1v) is 4.57. The fraction of sp³-hybridized carbons (Fsp3) is 0.182. The zero-order valence-corrected chi connectivity index (χ0v) is 7.87. The number of hydrogen-bond donors (Lipinski definition) is 2. The lowest BCUT2D eigenvalue weighted by molar-refractivity contribution is 0.461. The van der Waals surface area contributed by atoms with Crippen molar-refractivity contribution in [3.63, 3.8) is 0 Å². The van der Waals surface area contributed by atoms with E-state index < -0.39 is 0 Å². The van der Waals surface area contributed by atoms with Crippen molar-refractivity contribution in [3.8, 4) is 5.75 Å². The molecule has 0 radical (unpaired) electrons. The molecule has 72 valence electrons. The van der Waals surface area contributed by atoms with Gasteiger partial charge in [0.05, 0.1) is 5.69 Å². The summed E-state index contributed by atoms with van der Waals surface area (Å²) in [6, 6.07) is 7.17. The van der Waals surface area contributed by atoms with Gasteiger partial charge in [0.2, 0.25) is 5.43 Å². The lowest BCUT2D eigenvalue weighted by Crippen LogP contribution is -2.06. The van der Waals surface area contributed by atoms with E-state index in [9.17, 15) is 9.90 Å². The smallest absolute Gasteiger partial charge is 0.231 e. The number of aromatic nitrogens is 1. The first-order chi connectivity index (χ1) is 6.74. The molecule has 0 bridgehead atoms. The highest BCUT2D eigenvalue weighted by Crippen LogP contribution is 2.15. The lowest BCUT2D eigenvalue weighted by atomic mass is 10.1. The topological polar surface area (TPSA) is 53.1 Å². The van der Waals surface area contributed by atoms with Crippen LogP contribution in [0.3, 0.4) is 0 Å². The lowest BCUT2D eigenvalue weighted by Gasteiger charge is -2.04. The Bertz CT molecular complexity index is 528. The Morgan fingerprint density at radius 2 is 2.07 bits per heavy atom. The molecular weight excluding hydrogens is 178 g/mol. The van der Waals surface area contributed by atoms with Gasteiger partial charge in [0, 0.05) is 10.9 Å². The van der Waals surface area contributed by atoms with Crippen LogP contribution in [0.4, 0.5) is 0 Å². The number of rotatable bonds is 1. The van der Waals surface area contributed by atoms with Crippen LogP contribution in [-0.2, 0) is 6.42 Å². The monoisotopic (exact) mass is 189 g/mol. The van der Waals surface area contributed by atoms with Gasteiger partial charge in [-0.2, -0.15) is 0 Å². The van der Waals surface area contributed by atoms with Crippen LogP contribution in [0.15, 0.2) is 29.1 Å². The number of H-pyrrole nitrogens is 1. The van der Waals surface area contributed by atoms with Crippen molar-refractivity contribution in [1.82, 2.24) is 4.98 Å². The molecule has 0 amide bonds. The fourth-order valence-corrected chi connectivity index (χ4v) is 1.53. The number of fused-ring (bicyclic) bond motifs is 1. The van der Waals surface area contributed by atoms with Crippen LogP contribution in [0.2, 0.25) is 0 Å². The van der Waals surface area contributed by atoms with Crippen molar-refractivity contribution >= 4 is 10.9 Å². The number of aromatic hydroxyl groups is 1. The molecular formula is C11H11NO2. The van der Waals surface area contributed by atoms with Gasteiger partial charge < -0.3 is 10.1 Å². The quantitative estimate of drug-likeness (QED) is 0.718.